The maximum absolute atomic E-state index is 12.2. The molecule has 0 aliphatic rings. The van der Waals surface area contributed by atoms with Crippen LogP contribution in [0.2, 0.25) is 0 Å². The quantitative estimate of drug-likeness (QED) is 0.757. The van der Waals surface area contributed by atoms with Crippen LogP contribution in [0, 0.1) is 0 Å². The van der Waals surface area contributed by atoms with Gasteiger partial charge in [-0.2, -0.15) is 0 Å². The first-order chi connectivity index (χ1) is 11.3. The Kier molecular flexibility index (Phi) is 4.54. The largest absolute Gasteiger partial charge is 0.347 e. The molecule has 3 aromatic rings. The molecule has 0 radical (unpaired) electrons. The molecule has 0 saturated carbocycles. The molecule has 0 bridgehead atoms. The first-order valence-corrected chi connectivity index (χ1v) is 7.13. The van der Waals surface area contributed by atoms with Crippen molar-refractivity contribution in [2.45, 2.75) is 6.54 Å². The van der Waals surface area contributed by atoms with Gasteiger partial charge in [0.2, 0.25) is 5.95 Å². The molecule has 0 saturated heterocycles. The van der Waals surface area contributed by atoms with Gasteiger partial charge >= 0.3 is 0 Å². The summed E-state index contributed by atoms with van der Waals surface area (Å²) >= 11 is 0. The molecule has 0 atom stereocenters. The van der Waals surface area contributed by atoms with E-state index in [1.165, 1.54) is 0 Å². The van der Waals surface area contributed by atoms with Crippen LogP contribution >= 0.6 is 0 Å². The predicted octanol–water partition coefficient (Wildman–Crippen LogP) is 2.55. The van der Waals surface area contributed by atoms with Crippen molar-refractivity contribution in [1.82, 2.24) is 20.3 Å². The van der Waals surface area contributed by atoms with Gasteiger partial charge in [-0.15, -0.1) is 0 Å². The third kappa shape index (κ3) is 4.10. The van der Waals surface area contributed by atoms with Crippen LogP contribution in [-0.4, -0.2) is 20.9 Å². The zero-order valence-corrected chi connectivity index (χ0v) is 12.3. The van der Waals surface area contributed by atoms with E-state index in [0.29, 0.717) is 18.2 Å². The van der Waals surface area contributed by atoms with Crippen molar-refractivity contribution in [3.63, 3.8) is 0 Å². The smallest absolute Gasteiger partial charge is 0.270 e. The van der Waals surface area contributed by atoms with Gasteiger partial charge in [0.1, 0.15) is 5.69 Å². The van der Waals surface area contributed by atoms with E-state index >= 15 is 0 Å². The number of amides is 1. The van der Waals surface area contributed by atoms with Crippen LogP contribution in [0.5, 0.6) is 0 Å². The van der Waals surface area contributed by atoms with Crippen LogP contribution in [0.1, 0.15) is 16.1 Å². The number of aromatic nitrogens is 3. The number of carbonyl (C=O) groups is 1. The maximum Gasteiger partial charge on any atom is 0.270 e. The number of hydrogen-bond donors (Lipinski definition) is 2. The molecule has 2 aromatic heterocycles. The van der Waals surface area contributed by atoms with Crippen LogP contribution < -0.4 is 10.6 Å². The van der Waals surface area contributed by atoms with Crippen molar-refractivity contribution in [2.24, 2.45) is 0 Å². The molecular weight excluding hydrogens is 290 g/mol. The monoisotopic (exact) mass is 305 g/mol. The number of rotatable bonds is 5. The summed E-state index contributed by atoms with van der Waals surface area (Å²) in [5, 5.41) is 5.88. The van der Waals surface area contributed by atoms with Crippen molar-refractivity contribution in [3.8, 4) is 0 Å². The number of benzene rings is 1. The molecule has 1 amide bonds. The van der Waals surface area contributed by atoms with Gasteiger partial charge in [0.25, 0.3) is 5.91 Å². The lowest BCUT2D eigenvalue weighted by atomic mass is 10.2. The number of hydrogen-bond acceptors (Lipinski definition) is 5. The Hall–Kier alpha value is -3.28. The summed E-state index contributed by atoms with van der Waals surface area (Å²) in [6, 6.07) is 14.8. The van der Waals surface area contributed by atoms with Gasteiger partial charge in [-0.1, -0.05) is 18.2 Å². The molecule has 6 heteroatoms. The molecule has 0 aliphatic carbocycles. The van der Waals surface area contributed by atoms with Crippen molar-refractivity contribution < 1.29 is 4.79 Å². The van der Waals surface area contributed by atoms with Crippen LogP contribution in [0.4, 0.5) is 11.6 Å². The Balaban J connectivity index is 1.65. The molecule has 0 aliphatic heterocycles. The minimum absolute atomic E-state index is 0.250. The second-order valence-electron chi connectivity index (χ2n) is 4.79. The van der Waals surface area contributed by atoms with Crippen molar-refractivity contribution in [3.05, 3.63) is 78.4 Å². The molecule has 0 unspecified atom stereocenters. The Morgan fingerprint density at radius 2 is 1.74 bits per heavy atom. The maximum atomic E-state index is 12.2. The second-order valence-corrected chi connectivity index (χ2v) is 4.79. The summed E-state index contributed by atoms with van der Waals surface area (Å²) in [5.41, 5.74) is 2.15. The van der Waals surface area contributed by atoms with Gasteiger partial charge in [0.05, 0.1) is 0 Å². The van der Waals surface area contributed by atoms with E-state index in [9.17, 15) is 4.79 Å². The van der Waals surface area contributed by atoms with Crippen LogP contribution in [-0.2, 0) is 6.54 Å². The normalized spacial score (nSPS) is 10.1. The first kappa shape index (κ1) is 14.6. The van der Waals surface area contributed by atoms with Crippen molar-refractivity contribution >= 4 is 17.5 Å². The summed E-state index contributed by atoms with van der Waals surface area (Å²) in [4.78, 5) is 24.5. The van der Waals surface area contributed by atoms with Gasteiger partial charge < -0.3 is 10.6 Å². The van der Waals surface area contributed by atoms with Crippen molar-refractivity contribution in [2.75, 3.05) is 5.32 Å². The lowest BCUT2D eigenvalue weighted by Gasteiger charge is -2.07. The van der Waals surface area contributed by atoms with Crippen LogP contribution in [0.25, 0.3) is 0 Å². The number of nitrogens with one attached hydrogen (secondary N) is 2. The van der Waals surface area contributed by atoms with E-state index in [2.05, 4.69) is 25.6 Å². The molecule has 1 aromatic carbocycles. The molecule has 2 N–H and O–H groups in total. The standard InChI is InChI=1S/C17H15N5O/c23-16(20-12-13-6-9-18-10-7-13)15-8-11-19-17(22-15)21-14-4-2-1-3-5-14/h1-11H,12H2,(H,20,23)(H,19,21,22). The predicted molar refractivity (Wildman–Crippen MR) is 87.2 cm³/mol. The third-order valence-corrected chi connectivity index (χ3v) is 3.12. The summed E-state index contributed by atoms with van der Waals surface area (Å²) < 4.78 is 0. The lowest BCUT2D eigenvalue weighted by molar-refractivity contribution is 0.0946. The topological polar surface area (TPSA) is 79.8 Å². The highest BCUT2D eigenvalue weighted by Gasteiger charge is 2.08. The Labute approximate surface area is 133 Å². The van der Waals surface area contributed by atoms with E-state index in [1.54, 1.807) is 24.7 Å². The van der Waals surface area contributed by atoms with E-state index in [4.69, 9.17) is 0 Å². The summed E-state index contributed by atoms with van der Waals surface area (Å²) in [6.07, 6.45) is 4.93. The number of carbonyl (C=O) groups excluding carboxylic acids is 1. The Morgan fingerprint density at radius 1 is 0.957 bits per heavy atom. The molecule has 6 nitrogen and oxygen atoms in total. The highest BCUT2D eigenvalue weighted by Crippen LogP contribution is 2.11. The molecule has 114 valence electrons. The summed E-state index contributed by atoms with van der Waals surface area (Å²) in [6.45, 7) is 0.423. The summed E-state index contributed by atoms with van der Waals surface area (Å²) in [7, 11) is 0. The molecule has 23 heavy (non-hydrogen) atoms. The van der Waals surface area contributed by atoms with E-state index in [-0.39, 0.29) is 5.91 Å². The third-order valence-electron chi connectivity index (χ3n) is 3.12. The molecule has 2 heterocycles. The molecular formula is C17H15N5O. The first-order valence-electron chi connectivity index (χ1n) is 7.13. The number of pyridine rings is 1. The van der Waals surface area contributed by atoms with Crippen LogP contribution in [0.15, 0.2) is 67.1 Å². The van der Waals surface area contributed by atoms with E-state index in [1.807, 2.05) is 42.5 Å². The van der Waals surface area contributed by atoms with Gasteiger partial charge in [-0.05, 0) is 35.9 Å². The number of anilines is 2. The zero-order chi connectivity index (χ0) is 15.9. The zero-order valence-electron chi connectivity index (χ0n) is 12.3. The Bertz CT molecular complexity index is 777. The van der Waals surface area contributed by atoms with Crippen molar-refractivity contribution in [1.29, 1.82) is 0 Å². The van der Waals surface area contributed by atoms with E-state index < -0.39 is 0 Å². The van der Waals surface area contributed by atoms with Gasteiger partial charge in [0, 0.05) is 30.8 Å². The fraction of sp³-hybridized carbons (Fsp3) is 0.0588. The highest BCUT2D eigenvalue weighted by atomic mass is 16.1. The molecule has 3 rings (SSSR count). The molecule has 0 fully saturated rings. The average molecular weight is 305 g/mol. The van der Waals surface area contributed by atoms with E-state index in [0.717, 1.165) is 11.3 Å². The van der Waals surface area contributed by atoms with Gasteiger partial charge in [-0.3, -0.25) is 9.78 Å². The summed E-state index contributed by atoms with van der Waals surface area (Å²) in [5.74, 6) is 0.132. The SMILES string of the molecule is O=C(NCc1ccncc1)c1ccnc(Nc2ccccc2)n1. The minimum Gasteiger partial charge on any atom is -0.347 e. The number of nitrogens with zero attached hydrogens (tertiary/aromatic N) is 3. The lowest BCUT2D eigenvalue weighted by Crippen LogP contribution is -2.24. The molecule has 0 spiro atoms. The fourth-order valence-electron chi connectivity index (χ4n) is 1.97. The van der Waals surface area contributed by atoms with Crippen LogP contribution in [0.3, 0.4) is 0 Å². The minimum atomic E-state index is -0.250. The highest BCUT2D eigenvalue weighted by molar-refractivity contribution is 5.92. The average Bonchev–Trinajstić information content (AvgIpc) is 2.62. The number of para-hydroxylation sites is 1. The Morgan fingerprint density at radius 3 is 2.52 bits per heavy atom. The van der Waals surface area contributed by atoms with Gasteiger partial charge in [0.15, 0.2) is 0 Å². The second kappa shape index (κ2) is 7.13. The fourth-order valence-corrected chi connectivity index (χ4v) is 1.97. The van der Waals surface area contributed by atoms with Gasteiger partial charge in [-0.25, -0.2) is 9.97 Å².